The molecule has 10 heteroatoms. The van der Waals surface area contributed by atoms with Crippen molar-refractivity contribution in [2.45, 2.75) is 58.4 Å². The Kier molecular flexibility index (Phi) is 9.05. The first-order chi connectivity index (χ1) is 20.0. The Morgan fingerprint density at radius 1 is 0.810 bits per heavy atom. The van der Waals surface area contributed by atoms with Gasteiger partial charge in [0.1, 0.15) is 24.3 Å². The van der Waals surface area contributed by atoms with E-state index in [9.17, 15) is 24.0 Å². The Balaban J connectivity index is 1.70. The predicted octanol–water partition coefficient (Wildman–Crippen LogP) is 4.29. The van der Waals surface area contributed by atoms with Crippen LogP contribution in [0.15, 0.2) is 84.9 Å². The van der Waals surface area contributed by atoms with Crippen molar-refractivity contribution in [2.24, 2.45) is 0 Å². The summed E-state index contributed by atoms with van der Waals surface area (Å²) in [4.78, 5) is 67.4. The molecular formula is C32H33N3O7. The molecule has 0 saturated heterocycles. The summed E-state index contributed by atoms with van der Waals surface area (Å²) in [6.45, 7) is 6.31. The molecule has 0 fully saturated rings. The molecule has 0 aromatic heterocycles. The number of imide groups is 1. The van der Waals surface area contributed by atoms with Crippen LogP contribution in [0.3, 0.4) is 0 Å². The summed E-state index contributed by atoms with van der Waals surface area (Å²) in [5.74, 6) is -3.27. The Hall–Kier alpha value is -4.99. The number of hydrazine groups is 1. The van der Waals surface area contributed by atoms with Crippen molar-refractivity contribution in [1.82, 2.24) is 15.3 Å². The highest BCUT2D eigenvalue weighted by Crippen LogP contribution is 2.27. The fourth-order valence-corrected chi connectivity index (χ4v) is 4.44. The van der Waals surface area contributed by atoms with Crippen LogP contribution in [0.5, 0.6) is 0 Å². The maximum absolute atomic E-state index is 14.3. The van der Waals surface area contributed by atoms with Gasteiger partial charge in [-0.1, -0.05) is 72.8 Å². The van der Waals surface area contributed by atoms with Crippen molar-refractivity contribution in [2.75, 3.05) is 0 Å². The molecule has 0 unspecified atom stereocenters. The zero-order valence-corrected chi connectivity index (χ0v) is 23.9. The van der Waals surface area contributed by atoms with E-state index >= 15 is 0 Å². The van der Waals surface area contributed by atoms with Crippen molar-refractivity contribution in [3.05, 3.63) is 107 Å². The highest BCUT2D eigenvalue weighted by molar-refractivity contribution is 6.22. The highest BCUT2D eigenvalue weighted by Gasteiger charge is 2.47. The molecular weight excluding hydrogens is 538 g/mol. The van der Waals surface area contributed by atoms with Gasteiger partial charge in [0, 0.05) is 6.42 Å². The van der Waals surface area contributed by atoms with Crippen LogP contribution in [0.4, 0.5) is 4.79 Å². The Morgan fingerprint density at radius 3 is 1.83 bits per heavy atom. The van der Waals surface area contributed by atoms with Gasteiger partial charge >= 0.3 is 12.1 Å². The van der Waals surface area contributed by atoms with Crippen LogP contribution < -0.4 is 5.32 Å². The quantitative estimate of drug-likeness (QED) is 0.300. The summed E-state index contributed by atoms with van der Waals surface area (Å²) >= 11 is 0. The largest absolute Gasteiger partial charge is 0.459 e. The number of carbonyl (C=O) groups is 5. The number of ether oxygens (including phenoxy) is 2. The summed E-state index contributed by atoms with van der Waals surface area (Å²) < 4.78 is 10.9. The van der Waals surface area contributed by atoms with Gasteiger partial charge in [0.15, 0.2) is 0 Å². The van der Waals surface area contributed by atoms with Crippen LogP contribution in [0.1, 0.15) is 59.5 Å². The smallest absolute Gasteiger partial charge is 0.408 e. The second kappa shape index (κ2) is 12.7. The molecule has 10 nitrogen and oxygen atoms in total. The lowest BCUT2D eigenvalue weighted by atomic mass is 10.0. The molecule has 1 N–H and O–H groups in total. The maximum atomic E-state index is 14.3. The molecule has 1 heterocycles. The monoisotopic (exact) mass is 571 g/mol. The minimum atomic E-state index is -1.41. The molecule has 1 aliphatic heterocycles. The first-order valence-corrected chi connectivity index (χ1v) is 13.5. The van der Waals surface area contributed by atoms with E-state index in [1.165, 1.54) is 19.1 Å². The van der Waals surface area contributed by atoms with E-state index in [1.807, 2.05) is 6.07 Å². The van der Waals surface area contributed by atoms with E-state index in [0.717, 1.165) is 5.01 Å². The minimum absolute atomic E-state index is 0.00956. The number of alkyl carbamates (subject to hydrolysis) is 1. The fraction of sp³-hybridized carbons (Fsp3) is 0.281. The molecule has 218 valence electrons. The lowest BCUT2D eigenvalue weighted by Gasteiger charge is -2.36. The second-order valence-corrected chi connectivity index (χ2v) is 10.8. The number of rotatable bonds is 9. The van der Waals surface area contributed by atoms with E-state index in [2.05, 4.69) is 5.32 Å². The average Bonchev–Trinajstić information content (AvgIpc) is 3.21. The minimum Gasteiger partial charge on any atom is -0.459 e. The van der Waals surface area contributed by atoms with Gasteiger partial charge in [-0.25, -0.2) is 14.6 Å². The number of nitrogens with zero attached hydrogens (tertiary/aromatic N) is 2. The third-order valence-corrected chi connectivity index (χ3v) is 6.42. The van der Waals surface area contributed by atoms with Crippen molar-refractivity contribution in [1.29, 1.82) is 0 Å². The number of esters is 1. The van der Waals surface area contributed by atoms with Crippen molar-refractivity contribution >= 4 is 29.8 Å². The molecule has 0 spiro atoms. The van der Waals surface area contributed by atoms with Crippen LogP contribution in [-0.4, -0.2) is 57.5 Å². The zero-order chi connectivity index (χ0) is 30.4. The summed E-state index contributed by atoms with van der Waals surface area (Å²) in [7, 11) is 0. The third kappa shape index (κ3) is 7.01. The first kappa shape index (κ1) is 30.0. The standard InChI is InChI=1S/C32H33N3O7/c1-21(30(39)41-20-23-15-9-6-10-16-23)34(35-27(36)24-17-11-12-18-25(24)28(35)37)29(38)26(19-22-13-7-5-8-14-22)33-31(40)42-32(2,3)4/h5-18,21,26H,19-20H2,1-4H3,(H,33,40)/t21-,26+/m1/s1. The Morgan fingerprint density at radius 2 is 1.31 bits per heavy atom. The first-order valence-electron chi connectivity index (χ1n) is 13.5. The van der Waals surface area contributed by atoms with Crippen LogP contribution >= 0.6 is 0 Å². The predicted molar refractivity (Wildman–Crippen MR) is 153 cm³/mol. The number of amides is 4. The molecule has 0 saturated carbocycles. The second-order valence-electron chi connectivity index (χ2n) is 10.8. The van der Waals surface area contributed by atoms with Gasteiger partial charge in [0.2, 0.25) is 0 Å². The molecule has 1 aliphatic rings. The molecule has 2 atom stereocenters. The number of carbonyl (C=O) groups excluding carboxylic acids is 5. The van der Waals surface area contributed by atoms with E-state index in [4.69, 9.17) is 9.47 Å². The third-order valence-electron chi connectivity index (χ3n) is 6.42. The SMILES string of the molecule is C[C@H](C(=O)OCc1ccccc1)N(C(=O)[C@H](Cc1ccccc1)NC(=O)OC(C)(C)C)N1C(=O)c2ccccc2C1=O. The van der Waals surface area contributed by atoms with Crippen LogP contribution in [0, 0.1) is 0 Å². The van der Waals surface area contributed by atoms with Crippen LogP contribution in [-0.2, 0) is 32.1 Å². The van der Waals surface area contributed by atoms with Gasteiger partial charge in [-0.05, 0) is 51.0 Å². The average molecular weight is 572 g/mol. The van der Waals surface area contributed by atoms with Crippen molar-refractivity contribution in [3.63, 3.8) is 0 Å². The van der Waals surface area contributed by atoms with E-state index in [-0.39, 0.29) is 24.2 Å². The molecule has 0 aliphatic carbocycles. The summed E-state index contributed by atoms with van der Waals surface area (Å²) in [5.41, 5.74) is 0.717. The van der Waals surface area contributed by atoms with Crippen LogP contribution in [0.2, 0.25) is 0 Å². The molecule has 3 aromatic rings. The lowest BCUT2D eigenvalue weighted by molar-refractivity contribution is -0.165. The number of hydrogen-bond donors (Lipinski definition) is 1. The Bertz CT molecular complexity index is 1430. The van der Waals surface area contributed by atoms with E-state index < -0.39 is 47.5 Å². The van der Waals surface area contributed by atoms with Gasteiger partial charge in [0.05, 0.1) is 11.1 Å². The Labute approximate surface area is 244 Å². The molecule has 0 bridgehead atoms. The maximum Gasteiger partial charge on any atom is 0.408 e. The zero-order valence-electron chi connectivity index (χ0n) is 23.9. The molecule has 0 radical (unpaired) electrons. The molecule has 42 heavy (non-hydrogen) atoms. The summed E-state index contributed by atoms with van der Waals surface area (Å²) in [5, 5.41) is 4.00. The molecule has 4 amide bonds. The lowest BCUT2D eigenvalue weighted by Crippen LogP contribution is -2.61. The van der Waals surface area contributed by atoms with Gasteiger partial charge in [-0.15, -0.1) is 0 Å². The number of fused-ring (bicyclic) bond motifs is 1. The van der Waals surface area contributed by atoms with Gasteiger partial charge < -0.3 is 14.8 Å². The van der Waals surface area contributed by atoms with E-state index in [0.29, 0.717) is 16.1 Å². The van der Waals surface area contributed by atoms with Gasteiger partial charge in [-0.3, -0.25) is 14.4 Å². The van der Waals surface area contributed by atoms with Gasteiger partial charge in [-0.2, -0.15) is 5.01 Å². The van der Waals surface area contributed by atoms with Crippen molar-refractivity contribution < 1.29 is 33.4 Å². The topological polar surface area (TPSA) is 122 Å². The number of benzene rings is 3. The van der Waals surface area contributed by atoms with Gasteiger partial charge in [0.25, 0.3) is 17.7 Å². The van der Waals surface area contributed by atoms with Crippen molar-refractivity contribution in [3.8, 4) is 0 Å². The normalized spacial score (nSPS) is 14.0. The molecule has 3 aromatic carbocycles. The summed E-state index contributed by atoms with van der Waals surface area (Å²) in [6, 6.07) is 21.2. The number of nitrogens with one attached hydrogen (secondary N) is 1. The fourth-order valence-electron chi connectivity index (χ4n) is 4.44. The van der Waals surface area contributed by atoms with Crippen LogP contribution in [0.25, 0.3) is 0 Å². The summed E-state index contributed by atoms with van der Waals surface area (Å²) in [6.07, 6.45) is -0.886. The number of hydrogen-bond acceptors (Lipinski definition) is 7. The molecule has 4 rings (SSSR count). The van der Waals surface area contributed by atoms with E-state index in [1.54, 1.807) is 87.5 Å². The highest BCUT2D eigenvalue weighted by atomic mass is 16.6.